The molecule has 0 aliphatic heterocycles. The molecule has 7 heteroatoms. The maximum Gasteiger partial charge on any atom is 0.347 e. The topological polar surface area (TPSA) is 109 Å². The van der Waals surface area contributed by atoms with Gasteiger partial charge in [0.05, 0.1) is 16.8 Å². The lowest BCUT2D eigenvalue weighted by Gasteiger charge is -2.49. The number of nitrogens with zero attached hydrogens (tertiary/aromatic N) is 3. The van der Waals surface area contributed by atoms with Gasteiger partial charge < -0.3 is 10.8 Å². The van der Waals surface area contributed by atoms with Crippen LogP contribution in [0.15, 0.2) is 77.7 Å². The molecule has 1 aliphatic carbocycles. The number of aromatic nitrogens is 4. The molecule has 0 unspecified atom stereocenters. The van der Waals surface area contributed by atoms with Gasteiger partial charge >= 0.3 is 5.69 Å². The Bertz CT molecular complexity index is 1560. The van der Waals surface area contributed by atoms with E-state index in [9.17, 15) is 9.90 Å². The summed E-state index contributed by atoms with van der Waals surface area (Å²) in [5.41, 5.74) is 11.1. The fourth-order valence-electron chi connectivity index (χ4n) is 5.14. The zero-order chi connectivity index (χ0) is 22.8. The first kappa shape index (κ1) is 19.8. The minimum Gasteiger partial charge on any atom is -0.390 e. The van der Waals surface area contributed by atoms with Crippen LogP contribution in [0.1, 0.15) is 25.3 Å². The van der Waals surface area contributed by atoms with Gasteiger partial charge in [-0.15, -0.1) is 0 Å². The number of nitrogens with one attached hydrogen (secondary N) is 1. The van der Waals surface area contributed by atoms with Gasteiger partial charge in [0.15, 0.2) is 5.65 Å². The van der Waals surface area contributed by atoms with E-state index in [1.54, 1.807) is 6.20 Å². The summed E-state index contributed by atoms with van der Waals surface area (Å²) in [6.45, 7) is 1.82. The van der Waals surface area contributed by atoms with Crippen molar-refractivity contribution < 1.29 is 5.11 Å². The van der Waals surface area contributed by atoms with Crippen molar-refractivity contribution in [2.45, 2.75) is 30.9 Å². The van der Waals surface area contributed by atoms with Crippen LogP contribution < -0.4 is 11.4 Å². The van der Waals surface area contributed by atoms with E-state index in [4.69, 9.17) is 10.7 Å². The standard InChI is InChI=1S/C26H23N5O2/c1-25(33)14-26(27,15-25)18-9-7-17(8-10-18)22-19(16-5-3-2-4-6-16)13-20-21(28-22)11-12-31-23(20)29-30-24(31)32/h2-13,33H,14-15,27H2,1H3,(H,30,32). The van der Waals surface area contributed by atoms with E-state index in [0.29, 0.717) is 18.5 Å². The van der Waals surface area contributed by atoms with E-state index >= 15 is 0 Å². The molecule has 3 aromatic heterocycles. The second-order valence-corrected chi connectivity index (χ2v) is 9.31. The SMILES string of the molecule is CC1(O)CC(N)(c2ccc(-c3nc4ccn5c(=O)[nH]nc5c4cc3-c3ccccc3)cc2)C1. The van der Waals surface area contributed by atoms with E-state index in [1.165, 1.54) is 4.40 Å². The van der Waals surface area contributed by atoms with E-state index < -0.39 is 11.1 Å². The van der Waals surface area contributed by atoms with E-state index in [0.717, 1.165) is 38.9 Å². The molecule has 164 valence electrons. The zero-order valence-corrected chi connectivity index (χ0v) is 18.1. The number of aliphatic hydroxyl groups is 1. The first-order chi connectivity index (χ1) is 15.8. The van der Waals surface area contributed by atoms with Crippen LogP contribution in [0, 0.1) is 0 Å². The summed E-state index contributed by atoms with van der Waals surface area (Å²) < 4.78 is 1.49. The van der Waals surface area contributed by atoms with Gasteiger partial charge in [0.2, 0.25) is 0 Å². The number of pyridine rings is 2. The molecule has 3 heterocycles. The molecule has 0 saturated heterocycles. The van der Waals surface area contributed by atoms with Gasteiger partial charge in [-0.05, 0) is 43.0 Å². The van der Waals surface area contributed by atoms with Crippen molar-refractivity contribution in [2.24, 2.45) is 5.73 Å². The first-order valence-electron chi connectivity index (χ1n) is 10.9. The highest BCUT2D eigenvalue weighted by molar-refractivity contribution is 5.98. The molecule has 0 spiro atoms. The molecule has 6 rings (SSSR count). The third-order valence-corrected chi connectivity index (χ3v) is 6.59. The Kier molecular flexibility index (Phi) is 4.11. The molecule has 7 nitrogen and oxygen atoms in total. The molecule has 0 radical (unpaired) electrons. The molecule has 4 N–H and O–H groups in total. The summed E-state index contributed by atoms with van der Waals surface area (Å²) in [6, 6.07) is 22.1. The van der Waals surface area contributed by atoms with Crippen LogP contribution in [0.3, 0.4) is 0 Å². The molecule has 0 amide bonds. The molecular weight excluding hydrogens is 414 g/mol. The van der Waals surface area contributed by atoms with Gasteiger partial charge in [-0.25, -0.2) is 19.3 Å². The second kappa shape index (κ2) is 6.84. The van der Waals surface area contributed by atoms with E-state index in [-0.39, 0.29) is 5.69 Å². The Balaban J connectivity index is 1.53. The predicted molar refractivity (Wildman–Crippen MR) is 128 cm³/mol. The lowest BCUT2D eigenvalue weighted by molar-refractivity contribution is -0.0738. The smallest absolute Gasteiger partial charge is 0.347 e. The summed E-state index contributed by atoms with van der Waals surface area (Å²) in [5.74, 6) is 0. The third kappa shape index (κ3) is 3.16. The number of aromatic amines is 1. The van der Waals surface area contributed by atoms with Crippen molar-refractivity contribution in [3.05, 3.63) is 89.0 Å². The minimum absolute atomic E-state index is 0.279. The molecule has 0 bridgehead atoms. The number of nitrogens with two attached hydrogens (primary N) is 1. The molecule has 1 fully saturated rings. The van der Waals surface area contributed by atoms with Crippen molar-refractivity contribution >= 4 is 16.6 Å². The normalized spacial score (nSPS) is 22.5. The van der Waals surface area contributed by atoms with Crippen LogP contribution in [-0.4, -0.2) is 30.3 Å². The minimum atomic E-state index is -0.701. The molecule has 1 saturated carbocycles. The Morgan fingerprint density at radius 3 is 2.45 bits per heavy atom. The predicted octanol–water partition coefficient (Wildman–Crippen LogP) is 3.60. The van der Waals surface area contributed by atoms with Gasteiger partial charge in [0.25, 0.3) is 0 Å². The quantitative estimate of drug-likeness (QED) is 0.400. The van der Waals surface area contributed by atoms with Crippen LogP contribution in [-0.2, 0) is 5.54 Å². The Morgan fingerprint density at radius 1 is 1.03 bits per heavy atom. The fraction of sp³-hybridized carbons (Fsp3) is 0.192. The number of hydrogen-bond donors (Lipinski definition) is 3. The zero-order valence-electron chi connectivity index (χ0n) is 18.1. The first-order valence-corrected chi connectivity index (χ1v) is 10.9. The Hall–Kier alpha value is -3.81. The van der Waals surface area contributed by atoms with Crippen LogP contribution >= 0.6 is 0 Å². The monoisotopic (exact) mass is 437 g/mol. The Labute approximate surface area is 189 Å². The lowest BCUT2D eigenvalue weighted by atomic mass is 9.63. The van der Waals surface area contributed by atoms with Crippen molar-refractivity contribution in [1.29, 1.82) is 0 Å². The average molecular weight is 438 g/mol. The number of H-pyrrole nitrogens is 1. The average Bonchev–Trinajstić information content (AvgIpc) is 3.18. The van der Waals surface area contributed by atoms with Crippen LogP contribution in [0.5, 0.6) is 0 Å². The molecular formula is C26H23N5O2. The Morgan fingerprint density at radius 2 is 1.76 bits per heavy atom. The summed E-state index contributed by atoms with van der Waals surface area (Å²) in [7, 11) is 0. The number of fused-ring (bicyclic) bond motifs is 3. The van der Waals surface area contributed by atoms with Crippen LogP contribution in [0.4, 0.5) is 0 Å². The van der Waals surface area contributed by atoms with Crippen LogP contribution in [0.2, 0.25) is 0 Å². The van der Waals surface area contributed by atoms with Crippen molar-refractivity contribution in [3.8, 4) is 22.4 Å². The molecule has 33 heavy (non-hydrogen) atoms. The van der Waals surface area contributed by atoms with Gasteiger partial charge in [0.1, 0.15) is 0 Å². The maximum absolute atomic E-state index is 12.0. The lowest BCUT2D eigenvalue weighted by Crippen LogP contribution is -2.58. The number of rotatable bonds is 3. The summed E-state index contributed by atoms with van der Waals surface area (Å²) >= 11 is 0. The second-order valence-electron chi connectivity index (χ2n) is 9.31. The summed E-state index contributed by atoms with van der Waals surface area (Å²) in [5, 5.41) is 17.7. The van der Waals surface area contributed by atoms with Gasteiger partial charge in [-0.3, -0.25) is 0 Å². The molecule has 0 atom stereocenters. The highest BCUT2D eigenvalue weighted by atomic mass is 16.3. The van der Waals surface area contributed by atoms with Crippen molar-refractivity contribution in [2.75, 3.05) is 0 Å². The van der Waals surface area contributed by atoms with Crippen molar-refractivity contribution in [3.63, 3.8) is 0 Å². The van der Waals surface area contributed by atoms with Gasteiger partial charge in [-0.1, -0.05) is 54.6 Å². The van der Waals surface area contributed by atoms with Crippen molar-refractivity contribution in [1.82, 2.24) is 19.6 Å². The van der Waals surface area contributed by atoms with Gasteiger partial charge in [0, 0.05) is 28.2 Å². The largest absolute Gasteiger partial charge is 0.390 e. The van der Waals surface area contributed by atoms with E-state index in [2.05, 4.69) is 10.2 Å². The van der Waals surface area contributed by atoms with Gasteiger partial charge in [-0.2, -0.15) is 5.10 Å². The molecule has 2 aromatic carbocycles. The maximum atomic E-state index is 12.0. The molecule has 5 aromatic rings. The van der Waals surface area contributed by atoms with Crippen LogP contribution in [0.25, 0.3) is 38.9 Å². The highest BCUT2D eigenvalue weighted by Crippen LogP contribution is 2.46. The summed E-state index contributed by atoms with van der Waals surface area (Å²) in [6.07, 6.45) is 2.77. The summed E-state index contributed by atoms with van der Waals surface area (Å²) in [4.78, 5) is 17.0. The fourth-order valence-corrected chi connectivity index (χ4v) is 5.14. The molecule has 1 aliphatic rings. The number of benzene rings is 2. The third-order valence-electron chi connectivity index (χ3n) is 6.59. The van der Waals surface area contributed by atoms with E-state index in [1.807, 2.05) is 73.7 Å². The number of hydrogen-bond acceptors (Lipinski definition) is 5. The highest BCUT2D eigenvalue weighted by Gasteiger charge is 2.49.